The fraction of sp³-hybridized carbons (Fsp3) is 0.269. The Morgan fingerprint density at radius 2 is 1.74 bits per heavy atom. The highest BCUT2D eigenvalue weighted by Gasteiger charge is 2.53. The molecule has 2 aliphatic heterocycles. The molecular weight excluding hydrogens is 446 g/mol. The maximum absolute atomic E-state index is 14.0. The SMILES string of the molecule is CCOc1ccc(N2C(=O)Nc3ccccc3[C@@]2(O)C(=O)N2CCN(c3ccccn3)CC2)cc1. The average Bonchev–Trinajstić information content (AvgIpc) is 2.90. The van der Waals surface area contributed by atoms with Gasteiger partial charge in [-0.15, -0.1) is 0 Å². The van der Waals surface area contributed by atoms with Crippen LogP contribution in [0.5, 0.6) is 5.75 Å². The number of rotatable bonds is 5. The van der Waals surface area contributed by atoms with Gasteiger partial charge in [0, 0.05) is 43.6 Å². The number of aromatic nitrogens is 1. The lowest BCUT2D eigenvalue weighted by atomic mass is 9.94. The van der Waals surface area contributed by atoms with Gasteiger partial charge < -0.3 is 25.0 Å². The van der Waals surface area contributed by atoms with Crippen molar-refractivity contribution in [2.45, 2.75) is 12.6 Å². The minimum absolute atomic E-state index is 0.325. The summed E-state index contributed by atoms with van der Waals surface area (Å²) in [6.07, 6.45) is 1.74. The second-order valence-electron chi connectivity index (χ2n) is 8.38. The molecule has 3 heterocycles. The summed E-state index contributed by atoms with van der Waals surface area (Å²) in [5, 5.41) is 14.9. The zero-order valence-corrected chi connectivity index (χ0v) is 19.4. The number of carbonyl (C=O) groups excluding carboxylic acids is 2. The van der Waals surface area contributed by atoms with Crippen molar-refractivity contribution in [1.82, 2.24) is 9.88 Å². The number of urea groups is 1. The van der Waals surface area contributed by atoms with Crippen LogP contribution in [0, 0.1) is 0 Å². The van der Waals surface area contributed by atoms with E-state index in [4.69, 9.17) is 4.74 Å². The van der Waals surface area contributed by atoms with Gasteiger partial charge in [0.25, 0.3) is 11.6 Å². The molecule has 9 heteroatoms. The number of carbonyl (C=O) groups is 2. The molecule has 9 nitrogen and oxygen atoms in total. The van der Waals surface area contributed by atoms with Gasteiger partial charge in [-0.2, -0.15) is 0 Å². The Balaban J connectivity index is 1.48. The summed E-state index contributed by atoms with van der Waals surface area (Å²) in [5.41, 5.74) is -1.10. The van der Waals surface area contributed by atoms with Crippen LogP contribution in [0.3, 0.4) is 0 Å². The van der Waals surface area contributed by atoms with Crippen molar-refractivity contribution >= 4 is 29.1 Å². The summed E-state index contributed by atoms with van der Waals surface area (Å²) in [7, 11) is 0. The molecule has 3 amide bonds. The first-order valence-corrected chi connectivity index (χ1v) is 11.6. The van der Waals surface area contributed by atoms with Crippen LogP contribution < -0.4 is 19.9 Å². The Morgan fingerprint density at radius 1 is 1.03 bits per heavy atom. The lowest BCUT2D eigenvalue weighted by Crippen LogP contribution is -2.65. The third kappa shape index (κ3) is 4.04. The van der Waals surface area contributed by atoms with Gasteiger partial charge in [0.15, 0.2) is 0 Å². The predicted octanol–water partition coefficient (Wildman–Crippen LogP) is 3.03. The van der Waals surface area contributed by atoms with E-state index in [2.05, 4.69) is 15.2 Å². The van der Waals surface area contributed by atoms with Gasteiger partial charge in [-0.25, -0.2) is 9.78 Å². The molecule has 1 fully saturated rings. The fourth-order valence-electron chi connectivity index (χ4n) is 4.61. The predicted molar refractivity (Wildman–Crippen MR) is 132 cm³/mol. The van der Waals surface area contributed by atoms with Gasteiger partial charge in [-0.1, -0.05) is 24.3 Å². The Kier molecular flexibility index (Phi) is 6.00. The maximum atomic E-state index is 14.0. The number of nitrogens with zero attached hydrogens (tertiary/aromatic N) is 4. The zero-order chi connectivity index (χ0) is 24.4. The highest BCUT2D eigenvalue weighted by Crippen LogP contribution is 2.41. The minimum Gasteiger partial charge on any atom is -0.494 e. The number of pyridine rings is 1. The first kappa shape index (κ1) is 22.7. The van der Waals surface area contributed by atoms with Crippen LogP contribution in [0.1, 0.15) is 12.5 Å². The molecule has 180 valence electrons. The molecule has 0 spiro atoms. The van der Waals surface area contributed by atoms with Crippen molar-refractivity contribution in [1.29, 1.82) is 0 Å². The van der Waals surface area contributed by atoms with E-state index < -0.39 is 17.7 Å². The van der Waals surface area contributed by atoms with Gasteiger partial charge in [0.05, 0.1) is 12.3 Å². The van der Waals surface area contributed by atoms with Gasteiger partial charge in [-0.05, 0) is 49.4 Å². The number of ether oxygens (including phenoxy) is 1. The minimum atomic E-state index is -2.21. The van der Waals surface area contributed by atoms with E-state index >= 15 is 0 Å². The number of fused-ring (bicyclic) bond motifs is 1. The number of anilines is 3. The lowest BCUT2D eigenvalue weighted by Gasteiger charge is -2.46. The highest BCUT2D eigenvalue weighted by atomic mass is 16.5. The van der Waals surface area contributed by atoms with E-state index in [0.717, 1.165) is 10.7 Å². The Hall–Kier alpha value is -4.11. The third-order valence-corrected chi connectivity index (χ3v) is 6.32. The van der Waals surface area contributed by atoms with E-state index in [1.54, 1.807) is 59.6 Å². The number of piperazine rings is 1. The number of hydrogen-bond donors (Lipinski definition) is 2. The van der Waals surface area contributed by atoms with Crippen molar-refractivity contribution in [3.05, 3.63) is 78.5 Å². The van der Waals surface area contributed by atoms with Crippen LogP contribution in [0.2, 0.25) is 0 Å². The summed E-state index contributed by atoms with van der Waals surface area (Å²) in [6.45, 7) is 4.29. The monoisotopic (exact) mass is 473 g/mol. The van der Waals surface area contributed by atoms with Gasteiger partial charge in [-0.3, -0.25) is 9.69 Å². The molecule has 1 aromatic heterocycles. The molecule has 2 N–H and O–H groups in total. The zero-order valence-electron chi connectivity index (χ0n) is 19.4. The molecular formula is C26H27N5O4. The molecule has 0 radical (unpaired) electrons. The molecule has 35 heavy (non-hydrogen) atoms. The topological polar surface area (TPSA) is 98.2 Å². The number of para-hydroxylation sites is 1. The standard InChI is InChI=1S/C26H27N5O4/c1-2-35-20-12-10-19(11-13-20)31-25(33)28-22-8-4-3-7-21(22)26(31,34)24(32)30-17-15-29(16-18-30)23-9-5-6-14-27-23/h3-14,34H,2,15-18H2,1H3,(H,28,33)/t26-/m1/s1. The summed E-state index contributed by atoms with van der Waals surface area (Å²) in [5.74, 6) is 0.931. The van der Waals surface area contributed by atoms with Crippen molar-refractivity contribution in [2.75, 3.05) is 47.9 Å². The average molecular weight is 474 g/mol. The summed E-state index contributed by atoms with van der Waals surface area (Å²) in [6, 6.07) is 18.7. The summed E-state index contributed by atoms with van der Waals surface area (Å²) >= 11 is 0. The van der Waals surface area contributed by atoms with Crippen LogP contribution in [-0.4, -0.2) is 59.7 Å². The molecule has 5 rings (SSSR count). The second kappa shape index (κ2) is 9.27. The second-order valence-corrected chi connectivity index (χ2v) is 8.38. The number of benzene rings is 2. The molecule has 0 bridgehead atoms. The molecule has 0 unspecified atom stereocenters. The summed E-state index contributed by atoms with van der Waals surface area (Å²) < 4.78 is 5.51. The summed E-state index contributed by atoms with van der Waals surface area (Å²) in [4.78, 5) is 36.4. The molecule has 3 aromatic rings. The van der Waals surface area contributed by atoms with Crippen LogP contribution >= 0.6 is 0 Å². The van der Waals surface area contributed by atoms with E-state index in [1.165, 1.54) is 0 Å². The maximum Gasteiger partial charge on any atom is 0.329 e. The quantitative estimate of drug-likeness (QED) is 0.591. The number of aliphatic hydroxyl groups is 1. The Bertz CT molecular complexity index is 1210. The molecule has 1 atom stereocenters. The van der Waals surface area contributed by atoms with Crippen LogP contribution in [-0.2, 0) is 10.5 Å². The molecule has 2 aromatic carbocycles. The molecule has 1 saturated heterocycles. The van der Waals surface area contributed by atoms with Crippen LogP contribution in [0.25, 0.3) is 0 Å². The Morgan fingerprint density at radius 3 is 2.43 bits per heavy atom. The largest absolute Gasteiger partial charge is 0.494 e. The number of amides is 3. The molecule has 0 aliphatic carbocycles. The lowest BCUT2D eigenvalue weighted by molar-refractivity contribution is -0.152. The number of hydrogen-bond acceptors (Lipinski definition) is 6. The highest BCUT2D eigenvalue weighted by molar-refractivity contribution is 6.11. The van der Waals surface area contributed by atoms with Crippen molar-refractivity contribution in [3.63, 3.8) is 0 Å². The van der Waals surface area contributed by atoms with Crippen molar-refractivity contribution < 1.29 is 19.4 Å². The van der Waals surface area contributed by atoms with E-state index in [0.29, 0.717) is 55.5 Å². The molecule has 2 aliphatic rings. The van der Waals surface area contributed by atoms with Crippen molar-refractivity contribution in [2.24, 2.45) is 0 Å². The van der Waals surface area contributed by atoms with Crippen molar-refractivity contribution in [3.8, 4) is 5.75 Å². The van der Waals surface area contributed by atoms with Crippen LogP contribution in [0.15, 0.2) is 72.9 Å². The van der Waals surface area contributed by atoms with E-state index in [-0.39, 0.29) is 0 Å². The van der Waals surface area contributed by atoms with Crippen LogP contribution in [0.4, 0.5) is 22.0 Å². The fourth-order valence-corrected chi connectivity index (χ4v) is 4.61. The first-order chi connectivity index (χ1) is 17.0. The third-order valence-electron chi connectivity index (χ3n) is 6.32. The first-order valence-electron chi connectivity index (χ1n) is 11.6. The van der Waals surface area contributed by atoms with E-state index in [9.17, 15) is 14.7 Å². The molecule has 0 saturated carbocycles. The normalized spacial score (nSPS) is 19.7. The van der Waals surface area contributed by atoms with Gasteiger partial charge in [0.2, 0.25) is 0 Å². The van der Waals surface area contributed by atoms with E-state index in [1.807, 2.05) is 25.1 Å². The number of nitrogens with one attached hydrogen (secondary N) is 1. The van der Waals surface area contributed by atoms with Gasteiger partial charge >= 0.3 is 6.03 Å². The van der Waals surface area contributed by atoms with Gasteiger partial charge in [0.1, 0.15) is 11.6 Å². The smallest absolute Gasteiger partial charge is 0.329 e. The Labute approximate surface area is 203 Å².